The van der Waals surface area contributed by atoms with Crippen LogP contribution in [0.15, 0.2) is 59.1 Å². The minimum atomic E-state index is -0.536. The molecule has 5 nitrogen and oxygen atoms in total. The second kappa shape index (κ2) is 11.5. The fourth-order valence-electron chi connectivity index (χ4n) is 2.76. The summed E-state index contributed by atoms with van der Waals surface area (Å²) in [5.41, 5.74) is 0.980. The molecular formula is C22H27BrN2O3. The van der Waals surface area contributed by atoms with Gasteiger partial charge < -0.3 is 15.0 Å². The van der Waals surface area contributed by atoms with E-state index in [0.717, 1.165) is 15.8 Å². The Morgan fingerprint density at radius 2 is 1.79 bits per heavy atom. The van der Waals surface area contributed by atoms with Crippen molar-refractivity contribution in [2.24, 2.45) is 0 Å². The SMILES string of the molecule is CCNC(=O)[C@@H](C)N(Cc1ccc(Br)cc1)C(=O)CCCOc1ccccc1. The number of halogens is 1. The molecule has 0 aliphatic carbocycles. The molecule has 6 heteroatoms. The summed E-state index contributed by atoms with van der Waals surface area (Å²) < 4.78 is 6.63. The first-order chi connectivity index (χ1) is 13.5. The summed E-state index contributed by atoms with van der Waals surface area (Å²) in [6.07, 6.45) is 0.916. The summed E-state index contributed by atoms with van der Waals surface area (Å²) in [7, 11) is 0. The number of likely N-dealkylation sites (N-methyl/N-ethyl adjacent to an activating group) is 1. The third-order valence-corrected chi connectivity index (χ3v) is 4.86. The van der Waals surface area contributed by atoms with E-state index < -0.39 is 6.04 Å². The second-order valence-electron chi connectivity index (χ2n) is 6.48. The van der Waals surface area contributed by atoms with Crippen molar-refractivity contribution in [3.63, 3.8) is 0 Å². The molecule has 1 N–H and O–H groups in total. The quantitative estimate of drug-likeness (QED) is 0.557. The summed E-state index contributed by atoms with van der Waals surface area (Å²) in [6, 6.07) is 16.8. The van der Waals surface area contributed by atoms with E-state index in [1.165, 1.54) is 0 Å². The first-order valence-corrected chi connectivity index (χ1v) is 10.3. The average Bonchev–Trinajstić information content (AvgIpc) is 2.71. The van der Waals surface area contributed by atoms with E-state index >= 15 is 0 Å². The van der Waals surface area contributed by atoms with Gasteiger partial charge in [-0.2, -0.15) is 0 Å². The second-order valence-corrected chi connectivity index (χ2v) is 7.40. The van der Waals surface area contributed by atoms with Crippen LogP contribution in [0.1, 0.15) is 32.3 Å². The Hall–Kier alpha value is -2.34. The van der Waals surface area contributed by atoms with Crippen molar-refractivity contribution in [3.05, 3.63) is 64.6 Å². The first-order valence-electron chi connectivity index (χ1n) is 9.50. The predicted molar refractivity (Wildman–Crippen MR) is 114 cm³/mol. The van der Waals surface area contributed by atoms with Gasteiger partial charge in [0.1, 0.15) is 11.8 Å². The monoisotopic (exact) mass is 446 g/mol. The highest BCUT2D eigenvalue weighted by Gasteiger charge is 2.25. The molecule has 2 aromatic rings. The largest absolute Gasteiger partial charge is 0.494 e. The topological polar surface area (TPSA) is 58.6 Å². The van der Waals surface area contributed by atoms with Gasteiger partial charge in [0, 0.05) is 24.0 Å². The molecule has 2 amide bonds. The van der Waals surface area contributed by atoms with Crippen LogP contribution in [0.25, 0.3) is 0 Å². The number of carbonyl (C=O) groups is 2. The number of nitrogens with one attached hydrogen (secondary N) is 1. The fraction of sp³-hybridized carbons (Fsp3) is 0.364. The Balaban J connectivity index is 1.96. The van der Waals surface area contributed by atoms with E-state index in [2.05, 4.69) is 21.2 Å². The fourth-order valence-corrected chi connectivity index (χ4v) is 3.03. The molecule has 28 heavy (non-hydrogen) atoms. The molecule has 0 saturated carbocycles. The summed E-state index contributed by atoms with van der Waals surface area (Å²) in [4.78, 5) is 26.8. The van der Waals surface area contributed by atoms with Crippen molar-refractivity contribution >= 4 is 27.7 Å². The lowest BCUT2D eigenvalue weighted by Crippen LogP contribution is -2.47. The van der Waals surface area contributed by atoms with E-state index in [-0.39, 0.29) is 11.8 Å². The number of amides is 2. The number of hydrogen-bond acceptors (Lipinski definition) is 3. The highest BCUT2D eigenvalue weighted by Crippen LogP contribution is 2.16. The van der Waals surface area contributed by atoms with E-state index in [0.29, 0.717) is 32.5 Å². The average molecular weight is 447 g/mol. The maximum Gasteiger partial charge on any atom is 0.242 e. The van der Waals surface area contributed by atoms with Crippen LogP contribution in [0, 0.1) is 0 Å². The Morgan fingerprint density at radius 1 is 1.11 bits per heavy atom. The number of para-hydroxylation sites is 1. The lowest BCUT2D eigenvalue weighted by molar-refractivity contribution is -0.140. The molecule has 0 aliphatic rings. The number of hydrogen-bond donors (Lipinski definition) is 1. The van der Waals surface area contributed by atoms with Crippen molar-refractivity contribution < 1.29 is 14.3 Å². The van der Waals surface area contributed by atoms with Gasteiger partial charge in [0.25, 0.3) is 0 Å². The van der Waals surface area contributed by atoms with Gasteiger partial charge in [0.2, 0.25) is 11.8 Å². The van der Waals surface area contributed by atoms with Gasteiger partial charge in [-0.05, 0) is 50.1 Å². The van der Waals surface area contributed by atoms with Crippen LogP contribution in [0.3, 0.4) is 0 Å². The van der Waals surface area contributed by atoms with Crippen LogP contribution in [0.4, 0.5) is 0 Å². The van der Waals surface area contributed by atoms with Gasteiger partial charge in [-0.15, -0.1) is 0 Å². The molecule has 0 aromatic heterocycles. The van der Waals surface area contributed by atoms with Crippen LogP contribution < -0.4 is 10.1 Å². The van der Waals surface area contributed by atoms with Crippen molar-refractivity contribution in [3.8, 4) is 5.75 Å². The van der Waals surface area contributed by atoms with E-state index in [9.17, 15) is 9.59 Å². The zero-order valence-corrected chi connectivity index (χ0v) is 17.9. The zero-order chi connectivity index (χ0) is 20.4. The molecule has 0 radical (unpaired) electrons. The summed E-state index contributed by atoms with van der Waals surface area (Å²) in [5, 5.41) is 2.80. The minimum Gasteiger partial charge on any atom is -0.494 e. The molecule has 0 saturated heterocycles. The van der Waals surface area contributed by atoms with Gasteiger partial charge in [-0.3, -0.25) is 9.59 Å². The molecule has 0 spiro atoms. The standard InChI is InChI=1S/C22H27BrN2O3/c1-3-24-22(27)17(2)25(16-18-11-13-19(23)14-12-18)21(26)10-7-15-28-20-8-5-4-6-9-20/h4-6,8-9,11-14,17H,3,7,10,15-16H2,1-2H3,(H,24,27)/t17-/m1/s1. The Bertz CT molecular complexity index is 750. The molecule has 1 atom stereocenters. The van der Waals surface area contributed by atoms with Crippen LogP contribution in [0.2, 0.25) is 0 Å². The van der Waals surface area contributed by atoms with E-state index in [1.54, 1.807) is 11.8 Å². The highest BCUT2D eigenvalue weighted by atomic mass is 79.9. The molecule has 0 heterocycles. The first kappa shape index (κ1) is 22.0. The normalized spacial score (nSPS) is 11.5. The maximum atomic E-state index is 12.9. The van der Waals surface area contributed by atoms with Gasteiger partial charge in [-0.1, -0.05) is 46.3 Å². The van der Waals surface area contributed by atoms with Crippen molar-refractivity contribution in [1.29, 1.82) is 0 Å². The molecule has 0 fully saturated rings. The van der Waals surface area contributed by atoms with Gasteiger partial charge >= 0.3 is 0 Å². The highest BCUT2D eigenvalue weighted by molar-refractivity contribution is 9.10. The third-order valence-electron chi connectivity index (χ3n) is 4.33. The van der Waals surface area contributed by atoms with Crippen LogP contribution in [-0.4, -0.2) is 35.9 Å². The molecular weight excluding hydrogens is 420 g/mol. The summed E-state index contributed by atoms with van der Waals surface area (Å²) >= 11 is 3.42. The zero-order valence-electron chi connectivity index (χ0n) is 16.4. The minimum absolute atomic E-state index is 0.0571. The van der Waals surface area contributed by atoms with Gasteiger partial charge in [0.05, 0.1) is 6.61 Å². The summed E-state index contributed by atoms with van der Waals surface area (Å²) in [6.45, 7) is 5.02. The lowest BCUT2D eigenvalue weighted by atomic mass is 10.1. The van der Waals surface area contributed by atoms with Crippen molar-refractivity contribution in [1.82, 2.24) is 10.2 Å². The smallest absolute Gasteiger partial charge is 0.242 e. The van der Waals surface area contributed by atoms with Crippen LogP contribution in [-0.2, 0) is 16.1 Å². The van der Waals surface area contributed by atoms with Gasteiger partial charge in [-0.25, -0.2) is 0 Å². The number of rotatable bonds is 10. The number of carbonyl (C=O) groups excluding carboxylic acids is 2. The molecule has 0 aliphatic heterocycles. The van der Waals surface area contributed by atoms with Gasteiger partial charge in [0.15, 0.2) is 0 Å². The Labute approximate surface area is 175 Å². The molecule has 150 valence electrons. The van der Waals surface area contributed by atoms with Crippen molar-refractivity contribution in [2.75, 3.05) is 13.2 Å². The van der Waals surface area contributed by atoms with E-state index in [4.69, 9.17) is 4.74 Å². The Morgan fingerprint density at radius 3 is 2.43 bits per heavy atom. The third kappa shape index (κ3) is 7.00. The predicted octanol–water partition coefficient (Wildman–Crippen LogP) is 4.16. The van der Waals surface area contributed by atoms with Crippen molar-refractivity contribution in [2.45, 2.75) is 39.3 Å². The molecule has 0 unspecified atom stereocenters. The van der Waals surface area contributed by atoms with E-state index in [1.807, 2.05) is 61.5 Å². The molecule has 0 bridgehead atoms. The van der Waals surface area contributed by atoms with Crippen LogP contribution >= 0.6 is 15.9 Å². The number of nitrogens with zero attached hydrogens (tertiary/aromatic N) is 1. The summed E-state index contributed by atoms with van der Waals surface area (Å²) in [5.74, 6) is 0.587. The molecule has 2 aromatic carbocycles. The number of ether oxygens (including phenoxy) is 1. The maximum absolute atomic E-state index is 12.9. The number of benzene rings is 2. The van der Waals surface area contributed by atoms with Crippen LogP contribution in [0.5, 0.6) is 5.75 Å². The Kier molecular flexibility index (Phi) is 9.01. The molecule has 2 rings (SSSR count). The lowest BCUT2D eigenvalue weighted by Gasteiger charge is -2.28.